The topological polar surface area (TPSA) is 76.0 Å². The van der Waals surface area contributed by atoms with E-state index in [4.69, 9.17) is 0 Å². The van der Waals surface area contributed by atoms with Crippen molar-refractivity contribution in [2.75, 3.05) is 12.4 Å². The second-order valence-electron chi connectivity index (χ2n) is 3.83. The van der Waals surface area contributed by atoms with E-state index in [0.717, 1.165) is 8.26 Å². The summed E-state index contributed by atoms with van der Waals surface area (Å²) < 4.78 is 3.12. The first-order valence-electron chi connectivity index (χ1n) is 5.44. The van der Waals surface area contributed by atoms with E-state index in [0.29, 0.717) is 10.6 Å². The van der Waals surface area contributed by atoms with Crippen LogP contribution >= 0.6 is 43.2 Å². The molecule has 2 N–H and O–H groups in total. The number of anilines is 1. The molecule has 20 heavy (non-hydrogen) atoms. The molecule has 0 saturated carbocycles. The summed E-state index contributed by atoms with van der Waals surface area (Å²) in [7, 11) is 3.19. The van der Waals surface area contributed by atoms with Gasteiger partial charge < -0.3 is 10.6 Å². The lowest BCUT2D eigenvalue weighted by molar-refractivity contribution is 0.0958. The van der Waals surface area contributed by atoms with E-state index >= 15 is 0 Å². The third kappa shape index (κ3) is 3.10. The van der Waals surface area contributed by atoms with Gasteiger partial charge in [-0.25, -0.2) is 0 Å². The highest BCUT2D eigenvalue weighted by molar-refractivity contribution is 9.13. The molecule has 0 spiro atoms. The fraction of sp³-hybridized carbons (Fsp3) is 0.182. The quantitative estimate of drug-likeness (QED) is 0.799. The Balaban J connectivity index is 2.26. The van der Waals surface area contributed by atoms with Crippen molar-refractivity contribution in [1.82, 2.24) is 15.1 Å². The summed E-state index contributed by atoms with van der Waals surface area (Å²) in [5.41, 5.74) is 0.551. The molecule has 0 unspecified atom stereocenters. The second-order valence-corrected chi connectivity index (χ2v) is 7.06. The zero-order valence-corrected chi connectivity index (χ0v) is 14.5. The number of nitrogens with one attached hydrogen (secondary N) is 2. The number of hydrogen-bond donors (Lipinski definition) is 2. The van der Waals surface area contributed by atoms with Crippen LogP contribution in [0.1, 0.15) is 20.2 Å². The third-order valence-electron chi connectivity index (χ3n) is 2.39. The summed E-state index contributed by atoms with van der Waals surface area (Å²) in [4.78, 5) is 24.3. The minimum atomic E-state index is -0.352. The standard InChI is InChI=1S/C11H10Br2N4O2S/c1-14-11(19)8-6(4-17(2)16-8)15-10(18)7-3-5(12)9(13)20-7/h3-4H,1-2H3,(H,14,19)(H,15,18). The number of carbonyl (C=O) groups excluding carboxylic acids is 2. The van der Waals surface area contributed by atoms with Crippen molar-refractivity contribution >= 4 is 60.7 Å². The fourth-order valence-corrected chi connectivity index (χ4v) is 3.44. The SMILES string of the molecule is CNC(=O)c1nn(C)cc1NC(=O)c1cc(Br)c(Br)s1. The number of aromatic nitrogens is 2. The van der Waals surface area contributed by atoms with Crippen LogP contribution in [0.25, 0.3) is 0 Å². The van der Waals surface area contributed by atoms with E-state index in [2.05, 4.69) is 47.6 Å². The Morgan fingerprint density at radius 2 is 2.05 bits per heavy atom. The highest BCUT2D eigenvalue weighted by Gasteiger charge is 2.19. The average Bonchev–Trinajstić information content (AvgIpc) is 2.92. The van der Waals surface area contributed by atoms with Crippen LogP contribution in [0.5, 0.6) is 0 Å². The number of amides is 2. The summed E-state index contributed by atoms with van der Waals surface area (Å²) >= 11 is 7.96. The smallest absolute Gasteiger partial charge is 0.273 e. The first-order valence-corrected chi connectivity index (χ1v) is 7.84. The van der Waals surface area contributed by atoms with E-state index in [-0.39, 0.29) is 17.5 Å². The lowest BCUT2D eigenvalue weighted by Crippen LogP contribution is -2.21. The van der Waals surface area contributed by atoms with E-state index in [9.17, 15) is 9.59 Å². The molecule has 0 aliphatic rings. The van der Waals surface area contributed by atoms with E-state index < -0.39 is 0 Å². The van der Waals surface area contributed by atoms with Crippen LogP contribution in [0.3, 0.4) is 0 Å². The molecule has 106 valence electrons. The number of halogens is 2. The van der Waals surface area contributed by atoms with E-state index in [1.807, 2.05) is 0 Å². The van der Waals surface area contributed by atoms with Crippen LogP contribution in [0.15, 0.2) is 20.5 Å². The zero-order valence-electron chi connectivity index (χ0n) is 10.5. The Kier molecular flexibility index (Phi) is 4.61. The van der Waals surface area contributed by atoms with Crippen molar-refractivity contribution in [2.45, 2.75) is 0 Å². The molecule has 6 nitrogen and oxygen atoms in total. The Morgan fingerprint density at radius 3 is 2.60 bits per heavy atom. The number of aryl methyl sites for hydroxylation is 1. The number of hydrogen-bond acceptors (Lipinski definition) is 4. The number of thiophene rings is 1. The molecule has 2 aromatic rings. The largest absolute Gasteiger partial charge is 0.354 e. The molecule has 0 aromatic carbocycles. The van der Waals surface area contributed by atoms with Crippen molar-refractivity contribution < 1.29 is 9.59 Å². The molecule has 2 rings (SSSR count). The molecular weight excluding hydrogens is 412 g/mol. The summed E-state index contributed by atoms with van der Waals surface area (Å²) in [6.45, 7) is 0. The van der Waals surface area contributed by atoms with Crippen LogP contribution < -0.4 is 10.6 Å². The van der Waals surface area contributed by atoms with E-state index in [1.54, 1.807) is 19.3 Å². The molecule has 9 heteroatoms. The van der Waals surface area contributed by atoms with Gasteiger partial charge in [-0.1, -0.05) is 0 Å². The summed E-state index contributed by atoms with van der Waals surface area (Å²) in [5, 5.41) is 9.20. The number of carbonyl (C=O) groups is 2. The first kappa shape index (κ1) is 15.2. The molecular formula is C11H10Br2N4O2S. The van der Waals surface area contributed by atoms with Gasteiger partial charge in [0.1, 0.15) is 0 Å². The highest BCUT2D eigenvalue weighted by atomic mass is 79.9. The van der Waals surface area contributed by atoms with Gasteiger partial charge in [-0.3, -0.25) is 14.3 Å². The summed E-state index contributed by atoms with van der Waals surface area (Å²) in [5.74, 6) is -0.644. The molecule has 0 fully saturated rings. The van der Waals surface area contributed by atoms with Crippen LogP contribution in [0, 0.1) is 0 Å². The monoisotopic (exact) mass is 420 g/mol. The Bertz CT molecular complexity index is 661. The van der Waals surface area contributed by atoms with Gasteiger partial charge in [0.15, 0.2) is 5.69 Å². The van der Waals surface area contributed by atoms with Crippen LogP contribution in [0.2, 0.25) is 0 Å². The van der Waals surface area contributed by atoms with Crippen LogP contribution in [-0.4, -0.2) is 28.6 Å². The maximum absolute atomic E-state index is 12.1. The van der Waals surface area contributed by atoms with Gasteiger partial charge in [0.05, 0.1) is 14.4 Å². The zero-order chi connectivity index (χ0) is 14.9. The molecule has 2 heterocycles. The lowest BCUT2D eigenvalue weighted by Gasteiger charge is -2.02. The predicted molar refractivity (Wildman–Crippen MR) is 84.3 cm³/mol. The van der Waals surface area contributed by atoms with Crippen molar-refractivity contribution in [2.24, 2.45) is 7.05 Å². The minimum absolute atomic E-state index is 0.179. The number of rotatable bonds is 3. The normalized spacial score (nSPS) is 10.4. The van der Waals surface area contributed by atoms with E-state index in [1.165, 1.54) is 23.1 Å². The van der Waals surface area contributed by atoms with Gasteiger partial charge in [0, 0.05) is 24.8 Å². The van der Waals surface area contributed by atoms with Crippen LogP contribution in [0.4, 0.5) is 5.69 Å². The average molecular weight is 422 g/mol. The van der Waals surface area contributed by atoms with Crippen molar-refractivity contribution in [3.05, 3.63) is 31.1 Å². The summed E-state index contributed by atoms with van der Waals surface area (Å²) in [6.07, 6.45) is 1.58. The third-order valence-corrected chi connectivity index (χ3v) is 5.64. The minimum Gasteiger partial charge on any atom is -0.354 e. The Hall–Kier alpha value is -1.19. The molecule has 2 amide bonds. The van der Waals surface area contributed by atoms with Gasteiger partial charge >= 0.3 is 0 Å². The second kappa shape index (κ2) is 6.06. The van der Waals surface area contributed by atoms with Crippen molar-refractivity contribution in [3.8, 4) is 0 Å². The lowest BCUT2D eigenvalue weighted by atomic mass is 10.3. The molecule has 0 atom stereocenters. The maximum Gasteiger partial charge on any atom is 0.273 e. The maximum atomic E-state index is 12.1. The Labute approximate surface area is 135 Å². The first-order chi connectivity index (χ1) is 9.42. The molecule has 2 aromatic heterocycles. The van der Waals surface area contributed by atoms with Crippen molar-refractivity contribution in [1.29, 1.82) is 0 Å². The van der Waals surface area contributed by atoms with Gasteiger partial charge in [0.2, 0.25) is 0 Å². The Morgan fingerprint density at radius 1 is 1.35 bits per heavy atom. The highest BCUT2D eigenvalue weighted by Crippen LogP contribution is 2.32. The molecule has 0 bridgehead atoms. The van der Waals surface area contributed by atoms with Gasteiger partial charge in [0.25, 0.3) is 11.8 Å². The van der Waals surface area contributed by atoms with Crippen molar-refractivity contribution in [3.63, 3.8) is 0 Å². The van der Waals surface area contributed by atoms with Gasteiger partial charge in [-0.2, -0.15) is 5.10 Å². The molecule has 0 aliphatic carbocycles. The van der Waals surface area contributed by atoms with Crippen LogP contribution in [-0.2, 0) is 7.05 Å². The number of nitrogens with zero attached hydrogens (tertiary/aromatic N) is 2. The predicted octanol–water partition coefficient (Wildman–Crippen LogP) is 2.62. The fourth-order valence-electron chi connectivity index (χ4n) is 1.51. The summed E-state index contributed by atoms with van der Waals surface area (Å²) in [6, 6.07) is 1.71. The van der Waals surface area contributed by atoms with Gasteiger partial charge in [-0.15, -0.1) is 11.3 Å². The van der Waals surface area contributed by atoms with Gasteiger partial charge in [-0.05, 0) is 37.9 Å². The molecule has 0 saturated heterocycles. The molecule has 0 radical (unpaired) electrons. The molecule has 0 aliphatic heterocycles.